The topological polar surface area (TPSA) is 119 Å². The first kappa shape index (κ1) is 29.3. The number of nitro groups is 1. The summed E-state index contributed by atoms with van der Waals surface area (Å²) in [4.78, 5) is 49.2. The smallest absolute Gasteiger partial charge is 0.416 e. The molecular formula is C25H14Br2F3N3O6S. The number of ether oxygens (including phenoxy) is 1. The van der Waals surface area contributed by atoms with Crippen molar-refractivity contribution in [3.05, 3.63) is 95.8 Å². The lowest BCUT2D eigenvalue weighted by atomic mass is 10.1. The van der Waals surface area contributed by atoms with Gasteiger partial charge in [-0.05, 0) is 76.2 Å². The van der Waals surface area contributed by atoms with Gasteiger partial charge in [0.15, 0.2) is 0 Å². The number of rotatable bonds is 7. The van der Waals surface area contributed by atoms with Gasteiger partial charge >= 0.3 is 11.9 Å². The average molecular weight is 701 g/mol. The van der Waals surface area contributed by atoms with Crippen molar-refractivity contribution in [1.29, 1.82) is 0 Å². The van der Waals surface area contributed by atoms with Crippen LogP contribution >= 0.6 is 43.6 Å². The van der Waals surface area contributed by atoms with Crippen molar-refractivity contribution in [3.8, 4) is 11.5 Å². The molecule has 1 saturated heterocycles. The molecule has 9 nitrogen and oxygen atoms in total. The zero-order valence-electron chi connectivity index (χ0n) is 19.7. The number of amides is 3. The second-order valence-corrected chi connectivity index (χ2v) is 10.8. The molecule has 40 heavy (non-hydrogen) atoms. The van der Waals surface area contributed by atoms with Crippen LogP contribution in [0.1, 0.15) is 11.1 Å². The number of imide groups is 1. The van der Waals surface area contributed by atoms with Crippen molar-refractivity contribution in [3.63, 3.8) is 0 Å². The summed E-state index contributed by atoms with van der Waals surface area (Å²) in [5, 5.41) is 13.4. The number of carbonyl (C=O) groups is 3. The Morgan fingerprint density at radius 2 is 1.77 bits per heavy atom. The molecule has 0 unspecified atom stereocenters. The fourth-order valence-corrected chi connectivity index (χ4v) is 5.03. The maximum absolute atomic E-state index is 13.1. The number of hydrogen-bond acceptors (Lipinski definition) is 7. The first-order valence-electron chi connectivity index (χ1n) is 11.0. The number of carbonyl (C=O) groups excluding carboxylic acids is 3. The third-order valence-electron chi connectivity index (χ3n) is 5.28. The van der Waals surface area contributed by atoms with Gasteiger partial charge in [-0.2, -0.15) is 13.2 Å². The molecule has 4 rings (SSSR count). The fraction of sp³-hybridized carbons (Fsp3) is 0.0800. The second-order valence-electron chi connectivity index (χ2n) is 8.02. The lowest BCUT2D eigenvalue weighted by molar-refractivity contribution is -0.385. The number of halogens is 5. The van der Waals surface area contributed by atoms with Crippen molar-refractivity contribution in [2.24, 2.45) is 0 Å². The van der Waals surface area contributed by atoms with Crippen LogP contribution < -0.4 is 10.1 Å². The van der Waals surface area contributed by atoms with Crippen LogP contribution in [0.25, 0.3) is 6.08 Å². The van der Waals surface area contributed by atoms with Gasteiger partial charge < -0.3 is 10.1 Å². The molecule has 1 fully saturated rings. The van der Waals surface area contributed by atoms with E-state index in [2.05, 4.69) is 37.2 Å². The molecule has 1 aliphatic heterocycles. The van der Waals surface area contributed by atoms with Gasteiger partial charge in [0.1, 0.15) is 12.3 Å². The molecule has 0 atom stereocenters. The third kappa shape index (κ3) is 6.71. The van der Waals surface area contributed by atoms with E-state index in [0.29, 0.717) is 38.5 Å². The molecule has 3 aromatic carbocycles. The van der Waals surface area contributed by atoms with Crippen LogP contribution in [-0.4, -0.2) is 33.4 Å². The second kappa shape index (κ2) is 11.8. The van der Waals surface area contributed by atoms with E-state index in [0.717, 1.165) is 11.0 Å². The number of nitrogens with zero attached hydrogens (tertiary/aromatic N) is 2. The van der Waals surface area contributed by atoms with Crippen molar-refractivity contribution in [2.45, 2.75) is 6.18 Å². The molecule has 0 saturated carbocycles. The SMILES string of the molecule is O=C(CN1C(=O)S/C(=C/c2cc(Br)ccc2Oc2ccc(C(F)(F)F)cc2[N+](=O)[O-])C1=O)Nc1ccccc1Br. The van der Waals surface area contributed by atoms with Crippen molar-refractivity contribution in [2.75, 3.05) is 11.9 Å². The van der Waals surface area contributed by atoms with E-state index < -0.39 is 51.7 Å². The molecule has 15 heteroatoms. The molecule has 1 N–H and O–H groups in total. The Morgan fingerprint density at radius 3 is 2.45 bits per heavy atom. The van der Waals surface area contributed by atoms with Gasteiger partial charge in [0.2, 0.25) is 11.7 Å². The van der Waals surface area contributed by atoms with E-state index in [1.807, 2.05) is 0 Å². The quantitative estimate of drug-likeness (QED) is 0.153. The zero-order valence-corrected chi connectivity index (χ0v) is 23.7. The third-order valence-corrected chi connectivity index (χ3v) is 7.38. The van der Waals surface area contributed by atoms with Gasteiger partial charge in [-0.15, -0.1) is 0 Å². The number of nitro benzene ring substituents is 1. The van der Waals surface area contributed by atoms with Crippen molar-refractivity contribution < 1.29 is 37.2 Å². The van der Waals surface area contributed by atoms with Gasteiger partial charge in [-0.25, -0.2) is 0 Å². The number of benzene rings is 3. The summed E-state index contributed by atoms with van der Waals surface area (Å²) in [6, 6.07) is 13.0. The first-order valence-corrected chi connectivity index (χ1v) is 13.4. The van der Waals surface area contributed by atoms with Gasteiger partial charge in [-0.1, -0.05) is 28.1 Å². The Hall–Kier alpha value is -3.69. The highest BCUT2D eigenvalue weighted by atomic mass is 79.9. The van der Waals surface area contributed by atoms with Crippen LogP contribution in [0.4, 0.5) is 29.3 Å². The lowest BCUT2D eigenvalue weighted by Gasteiger charge is -2.13. The summed E-state index contributed by atoms with van der Waals surface area (Å²) in [5.74, 6) is -1.88. The molecule has 0 bridgehead atoms. The van der Waals surface area contributed by atoms with E-state index >= 15 is 0 Å². The Morgan fingerprint density at radius 1 is 1.07 bits per heavy atom. The number of thioether (sulfide) groups is 1. The molecule has 1 aliphatic rings. The van der Waals surface area contributed by atoms with E-state index in [1.165, 1.54) is 24.3 Å². The number of alkyl halides is 3. The first-order chi connectivity index (χ1) is 18.8. The Balaban J connectivity index is 1.59. The molecule has 206 valence electrons. The Bertz CT molecular complexity index is 1580. The highest BCUT2D eigenvalue weighted by molar-refractivity contribution is 9.10. The van der Waals surface area contributed by atoms with E-state index in [-0.39, 0.29) is 16.2 Å². The highest BCUT2D eigenvalue weighted by Crippen LogP contribution is 2.40. The van der Waals surface area contributed by atoms with Crippen LogP contribution in [0.3, 0.4) is 0 Å². The molecule has 1 heterocycles. The zero-order chi connectivity index (χ0) is 29.2. The van der Waals surface area contributed by atoms with Crippen LogP contribution in [0.2, 0.25) is 0 Å². The summed E-state index contributed by atoms with van der Waals surface area (Å²) < 4.78 is 45.9. The Kier molecular flexibility index (Phi) is 8.65. The molecule has 3 aromatic rings. The number of para-hydroxylation sites is 1. The van der Waals surface area contributed by atoms with E-state index in [9.17, 15) is 37.7 Å². The predicted octanol–water partition coefficient (Wildman–Crippen LogP) is 7.61. The lowest BCUT2D eigenvalue weighted by Crippen LogP contribution is -2.36. The van der Waals surface area contributed by atoms with Crippen LogP contribution in [0.15, 0.2) is 74.5 Å². The summed E-state index contributed by atoms with van der Waals surface area (Å²) >= 11 is 7.12. The predicted molar refractivity (Wildman–Crippen MR) is 148 cm³/mol. The Labute approximate surface area is 244 Å². The summed E-state index contributed by atoms with van der Waals surface area (Å²) in [7, 11) is 0. The summed E-state index contributed by atoms with van der Waals surface area (Å²) in [5.41, 5.74) is -1.50. The number of hydrogen-bond donors (Lipinski definition) is 1. The molecular weight excluding hydrogens is 687 g/mol. The molecule has 0 aromatic heterocycles. The normalized spacial score (nSPS) is 14.5. The van der Waals surface area contributed by atoms with Gasteiger partial charge in [0.25, 0.3) is 11.1 Å². The van der Waals surface area contributed by atoms with E-state index in [1.54, 1.807) is 24.3 Å². The number of nitrogens with one attached hydrogen (secondary N) is 1. The van der Waals surface area contributed by atoms with Crippen molar-refractivity contribution >= 4 is 78.1 Å². The maximum atomic E-state index is 13.1. The fourth-order valence-electron chi connectivity index (χ4n) is 3.44. The molecule has 3 amide bonds. The minimum Gasteiger partial charge on any atom is -0.449 e. The van der Waals surface area contributed by atoms with Crippen molar-refractivity contribution in [1.82, 2.24) is 4.90 Å². The van der Waals surface area contributed by atoms with Gasteiger partial charge in [0.05, 0.1) is 21.1 Å². The molecule has 0 aliphatic carbocycles. The van der Waals surface area contributed by atoms with E-state index in [4.69, 9.17) is 4.74 Å². The molecule has 0 radical (unpaired) electrons. The standard InChI is InChI=1S/C25H14Br2F3N3O6S/c26-15-6-8-19(39-20-7-5-14(25(28,29)30)11-18(20)33(37)38)13(9-15)10-21-23(35)32(24(36)40-21)12-22(34)31-17-4-2-1-3-16(17)27/h1-11H,12H2,(H,31,34)/b21-10+. The summed E-state index contributed by atoms with van der Waals surface area (Å²) in [6.45, 7) is -0.553. The van der Waals surface area contributed by atoms with Crippen LogP contribution in [-0.2, 0) is 15.8 Å². The van der Waals surface area contributed by atoms with Crippen LogP contribution in [0.5, 0.6) is 11.5 Å². The largest absolute Gasteiger partial charge is 0.449 e. The van der Waals surface area contributed by atoms with Gasteiger partial charge in [0, 0.05) is 20.6 Å². The van der Waals surface area contributed by atoms with Gasteiger partial charge in [-0.3, -0.25) is 29.4 Å². The minimum atomic E-state index is -4.80. The monoisotopic (exact) mass is 699 g/mol. The maximum Gasteiger partial charge on any atom is 0.416 e. The summed E-state index contributed by atoms with van der Waals surface area (Å²) in [6.07, 6.45) is -3.52. The highest BCUT2D eigenvalue weighted by Gasteiger charge is 2.37. The number of anilines is 1. The average Bonchev–Trinajstić information content (AvgIpc) is 3.13. The van der Waals surface area contributed by atoms with Crippen LogP contribution in [0, 0.1) is 10.1 Å². The molecule has 0 spiro atoms. The minimum absolute atomic E-state index is 0.0375.